The summed E-state index contributed by atoms with van der Waals surface area (Å²) in [6.07, 6.45) is 0.750. The molecular weight excluding hydrogens is 260 g/mol. The number of amides is 2. The van der Waals surface area contributed by atoms with Crippen molar-refractivity contribution in [1.82, 2.24) is 5.32 Å². The molecule has 0 aliphatic carbocycles. The van der Waals surface area contributed by atoms with Crippen molar-refractivity contribution in [2.45, 2.75) is 12.8 Å². The number of para-hydroxylation sites is 1. The van der Waals surface area contributed by atoms with Crippen LogP contribution in [0.2, 0.25) is 0 Å². The predicted molar refractivity (Wildman–Crippen MR) is 72.2 cm³/mol. The SMILES string of the molecule is O=C(O)CN(C(=O)C1CCC(=O)NC1)c1ccccc1. The summed E-state index contributed by atoms with van der Waals surface area (Å²) in [6.45, 7) is -0.117. The molecule has 6 heteroatoms. The lowest BCUT2D eigenvalue weighted by Gasteiger charge is -2.28. The van der Waals surface area contributed by atoms with E-state index in [4.69, 9.17) is 5.11 Å². The van der Waals surface area contributed by atoms with E-state index < -0.39 is 5.97 Å². The van der Waals surface area contributed by atoms with Crippen LogP contribution in [0.4, 0.5) is 5.69 Å². The van der Waals surface area contributed by atoms with Gasteiger partial charge >= 0.3 is 5.97 Å². The summed E-state index contributed by atoms with van der Waals surface area (Å²) in [5, 5.41) is 11.6. The molecular formula is C14H16N2O4. The molecule has 2 N–H and O–H groups in total. The van der Waals surface area contributed by atoms with Gasteiger partial charge in [-0.15, -0.1) is 0 Å². The van der Waals surface area contributed by atoms with Crippen LogP contribution >= 0.6 is 0 Å². The van der Waals surface area contributed by atoms with Gasteiger partial charge in [0.25, 0.3) is 0 Å². The first kappa shape index (κ1) is 14.0. The van der Waals surface area contributed by atoms with Crippen molar-refractivity contribution >= 4 is 23.5 Å². The van der Waals surface area contributed by atoms with Crippen molar-refractivity contribution in [3.8, 4) is 0 Å². The first-order valence-electron chi connectivity index (χ1n) is 6.43. The number of nitrogens with zero attached hydrogens (tertiary/aromatic N) is 1. The highest BCUT2D eigenvalue weighted by atomic mass is 16.4. The first-order valence-corrected chi connectivity index (χ1v) is 6.43. The topological polar surface area (TPSA) is 86.7 Å². The summed E-state index contributed by atoms with van der Waals surface area (Å²) in [5.74, 6) is -1.77. The fourth-order valence-corrected chi connectivity index (χ4v) is 2.20. The Morgan fingerprint density at radius 3 is 2.55 bits per heavy atom. The average molecular weight is 276 g/mol. The number of piperidine rings is 1. The van der Waals surface area contributed by atoms with Crippen LogP contribution in [0.5, 0.6) is 0 Å². The van der Waals surface area contributed by atoms with E-state index in [1.165, 1.54) is 4.90 Å². The zero-order chi connectivity index (χ0) is 14.5. The summed E-state index contributed by atoms with van der Waals surface area (Å²) in [5.41, 5.74) is 0.553. The number of carbonyl (C=O) groups excluding carboxylic acids is 2. The average Bonchev–Trinajstić information content (AvgIpc) is 2.45. The van der Waals surface area contributed by atoms with Crippen LogP contribution in [-0.2, 0) is 14.4 Å². The van der Waals surface area contributed by atoms with E-state index >= 15 is 0 Å². The highest BCUT2D eigenvalue weighted by molar-refractivity contribution is 5.99. The van der Waals surface area contributed by atoms with Crippen LogP contribution in [0.3, 0.4) is 0 Å². The number of hydrogen-bond acceptors (Lipinski definition) is 3. The lowest BCUT2D eigenvalue weighted by atomic mass is 9.97. The van der Waals surface area contributed by atoms with Gasteiger partial charge in [-0.25, -0.2) is 0 Å². The normalized spacial score (nSPS) is 18.2. The molecule has 1 heterocycles. The lowest BCUT2D eigenvalue weighted by molar-refractivity contribution is -0.137. The molecule has 6 nitrogen and oxygen atoms in total. The maximum atomic E-state index is 12.5. The lowest BCUT2D eigenvalue weighted by Crippen LogP contribution is -2.46. The van der Waals surface area contributed by atoms with Crippen molar-refractivity contribution in [3.63, 3.8) is 0 Å². The maximum absolute atomic E-state index is 12.5. The maximum Gasteiger partial charge on any atom is 0.323 e. The van der Waals surface area contributed by atoms with Crippen LogP contribution in [-0.4, -0.2) is 36.0 Å². The zero-order valence-corrected chi connectivity index (χ0v) is 10.9. The van der Waals surface area contributed by atoms with Gasteiger partial charge in [-0.1, -0.05) is 18.2 Å². The molecule has 1 aliphatic heterocycles. The van der Waals surface area contributed by atoms with Crippen LogP contribution in [0.15, 0.2) is 30.3 Å². The van der Waals surface area contributed by atoms with Gasteiger partial charge in [-0.2, -0.15) is 0 Å². The Hall–Kier alpha value is -2.37. The molecule has 20 heavy (non-hydrogen) atoms. The van der Waals surface area contributed by atoms with Gasteiger partial charge < -0.3 is 15.3 Å². The monoisotopic (exact) mass is 276 g/mol. The number of anilines is 1. The van der Waals surface area contributed by atoms with E-state index in [-0.39, 0.29) is 30.8 Å². The molecule has 1 atom stereocenters. The molecule has 0 bridgehead atoms. The molecule has 106 valence electrons. The van der Waals surface area contributed by atoms with Crippen LogP contribution < -0.4 is 10.2 Å². The summed E-state index contributed by atoms with van der Waals surface area (Å²) in [4.78, 5) is 35.8. The van der Waals surface area contributed by atoms with Gasteiger partial charge in [0.2, 0.25) is 11.8 Å². The number of carbonyl (C=O) groups is 3. The van der Waals surface area contributed by atoms with E-state index in [9.17, 15) is 14.4 Å². The number of nitrogens with one attached hydrogen (secondary N) is 1. The quantitative estimate of drug-likeness (QED) is 0.844. The minimum atomic E-state index is -1.07. The predicted octanol–water partition coefficient (Wildman–Crippen LogP) is 0.630. The third-order valence-electron chi connectivity index (χ3n) is 3.24. The van der Waals surface area contributed by atoms with Gasteiger partial charge in [-0.05, 0) is 18.6 Å². The third-order valence-corrected chi connectivity index (χ3v) is 3.24. The Balaban J connectivity index is 2.16. The fraction of sp³-hybridized carbons (Fsp3) is 0.357. The third kappa shape index (κ3) is 3.34. The molecule has 2 amide bonds. The minimum Gasteiger partial charge on any atom is -0.480 e. The number of rotatable bonds is 4. The molecule has 0 spiro atoms. The Kier molecular flexibility index (Phi) is 4.34. The van der Waals surface area contributed by atoms with E-state index in [0.717, 1.165) is 0 Å². The second-order valence-corrected chi connectivity index (χ2v) is 4.69. The van der Waals surface area contributed by atoms with Gasteiger partial charge in [0.15, 0.2) is 0 Å². The summed E-state index contributed by atoms with van der Waals surface area (Å²) in [7, 11) is 0. The van der Waals surface area contributed by atoms with Crippen LogP contribution in [0, 0.1) is 5.92 Å². The van der Waals surface area contributed by atoms with Crippen molar-refractivity contribution in [2.75, 3.05) is 18.0 Å². The molecule has 1 fully saturated rings. The van der Waals surface area contributed by atoms with Crippen molar-refractivity contribution in [3.05, 3.63) is 30.3 Å². The number of aliphatic carboxylic acids is 1. The first-order chi connectivity index (χ1) is 9.58. The second kappa shape index (κ2) is 6.18. The molecule has 0 radical (unpaired) electrons. The molecule has 2 rings (SSSR count). The smallest absolute Gasteiger partial charge is 0.323 e. The summed E-state index contributed by atoms with van der Waals surface area (Å²) >= 11 is 0. The molecule has 1 unspecified atom stereocenters. The van der Waals surface area contributed by atoms with E-state index in [1.807, 2.05) is 0 Å². The second-order valence-electron chi connectivity index (χ2n) is 4.69. The molecule has 0 saturated carbocycles. The van der Waals surface area contributed by atoms with Gasteiger partial charge in [-0.3, -0.25) is 14.4 Å². The van der Waals surface area contributed by atoms with E-state index in [2.05, 4.69) is 5.32 Å². The van der Waals surface area contributed by atoms with Crippen molar-refractivity contribution < 1.29 is 19.5 Å². The van der Waals surface area contributed by atoms with Gasteiger partial charge in [0, 0.05) is 18.7 Å². The van der Waals surface area contributed by atoms with E-state index in [1.54, 1.807) is 30.3 Å². The van der Waals surface area contributed by atoms with Crippen LogP contribution in [0.1, 0.15) is 12.8 Å². The van der Waals surface area contributed by atoms with Crippen molar-refractivity contribution in [2.24, 2.45) is 5.92 Å². The summed E-state index contributed by atoms with van der Waals surface area (Å²) in [6, 6.07) is 8.69. The standard InChI is InChI=1S/C14H16N2O4/c17-12-7-6-10(8-15-12)14(20)16(9-13(18)19)11-4-2-1-3-5-11/h1-5,10H,6-9H2,(H,15,17)(H,18,19). The molecule has 1 saturated heterocycles. The van der Waals surface area contributed by atoms with E-state index in [0.29, 0.717) is 18.5 Å². The molecule has 1 aromatic carbocycles. The minimum absolute atomic E-state index is 0.0708. The highest BCUT2D eigenvalue weighted by Gasteiger charge is 2.30. The van der Waals surface area contributed by atoms with Gasteiger partial charge in [0.05, 0.1) is 5.92 Å². The fourth-order valence-electron chi connectivity index (χ4n) is 2.20. The molecule has 0 aromatic heterocycles. The zero-order valence-electron chi connectivity index (χ0n) is 10.9. The number of benzene rings is 1. The summed E-state index contributed by atoms with van der Waals surface area (Å²) < 4.78 is 0. The molecule has 1 aliphatic rings. The van der Waals surface area contributed by atoms with Crippen LogP contribution in [0.25, 0.3) is 0 Å². The number of carboxylic acid groups (broad SMARTS) is 1. The Morgan fingerprint density at radius 2 is 2.00 bits per heavy atom. The van der Waals surface area contributed by atoms with Crippen molar-refractivity contribution in [1.29, 1.82) is 0 Å². The van der Waals surface area contributed by atoms with Gasteiger partial charge in [0.1, 0.15) is 6.54 Å². The Labute approximate surface area is 116 Å². The number of hydrogen-bond donors (Lipinski definition) is 2. The largest absolute Gasteiger partial charge is 0.480 e. The molecule has 1 aromatic rings. The Bertz CT molecular complexity index is 505. The highest BCUT2D eigenvalue weighted by Crippen LogP contribution is 2.20. The number of carboxylic acids is 1. The Morgan fingerprint density at radius 1 is 1.30 bits per heavy atom.